The molecule has 0 saturated carbocycles. The minimum absolute atomic E-state index is 0.176. The Morgan fingerprint density at radius 2 is 1.38 bits per heavy atom. The second kappa shape index (κ2) is 12.0. The van der Waals surface area contributed by atoms with Crippen LogP contribution in [-0.2, 0) is 0 Å². The van der Waals surface area contributed by atoms with Crippen molar-refractivity contribution in [3.63, 3.8) is 0 Å². The quantitative estimate of drug-likeness (QED) is 0.515. The van der Waals surface area contributed by atoms with Crippen LogP contribution in [0.15, 0.2) is 0 Å². The van der Waals surface area contributed by atoms with E-state index in [4.69, 9.17) is 7.85 Å². The van der Waals surface area contributed by atoms with E-state index in [9.17, 15) is 0 Å². The van der Waals surface area contributed by atoms with Gasteiger partial charge in [-0.15, -0.1) is 0 Å². The van der Waals surface area contributed by atoms with Gasteiger partial charge in [-0.05, 0) is 6.40 Å². The van der Waals surface area contributed by atoms with Crippen molar-refractivity contribution in [1.82, 2.24) is 0 Å². The highest BCUT2D eigenvalue weighted by Gasteiger charge is 1.91. The fourth-order valence-corrected chi connectivity index (χ4v) is 1.41. The highest BCUT2D eigenvalue weighted by atomic mass is 16.2. The highest BCUT2D eigenvalue weighted by Crippen LogP contribution is 2.09. The summed E-state index contributed by atoms with van der Waals surface area (Å²) in [6, 6.07) is 0. The molecule has 13 heavy (non-hydrogen) atoms. The highest BCUT2D eigenvalue weighted by molar-refractivity contribution is 4.46. The first kappa shape index (κ1) is 9.51. The van der Waals surface area contributed by atoms with Gasteiger partial charge >= 0.3 is 0 Å². The molecule has 0 aromatic heterocycles. The summed E-state index contributed by atoms with van der Waals surface area (Å²) in [4.78, 5) is 0. The summed E-state index contributed by atoms with van der Waals surface area (Å²) < 4.78 is 14.9. The average Bonchev–Trinajstić information content (AvgIpc) is 2.26. The van der Waals surface area contributed by atoms with E-state index in [0.29, 0.717) is 0 Å². The van der Waals surface area contributed by atoms with Crippen LogP contribution in [0.3, 0.4) is 0 Å². The summed E-state index contributed by atoms with van der Waals surface area (Å²) in [5.41, 5.74) is 0. The number of aliphatic hydroxyl groups is 1. The molecule has 0 heterocycles. The van der Waals surface area contributed by atoms with Crippen LogP contribution in [0.4, 0.5) is 0 Å². The number of hydrogen-bond donors (Lipinski definition) is 1. The second-order valence-electron chi connectivity index (χ2n) is 3.56. The smallest absolute Gasteiger partial charge is 0.0431 e. The summed E-state index contributed by atoms with van der Waals surface area (Å²) >= 11 is 0. The van der Waals surface area contributed by atoms with Gasteiger partial charge < -0.3 is 5.11 Å². The zero-order valence-corrected chi connectivity index (χ0v) is 8.97. The molecule has 0 unspecified atom stereocenters. The van der Waals surface area contributed by atoms with Gasteiger partial charge in [0.2, 0.25) is 0 Å². The third-order valence-corrected chi connectivity index (χ3v) is 2.25. The Morgan fingerprint density at radius 3 is 1.92 bits per heavy atom. The Bertz CT molecular complexity index is 131. The van der Waals surface area contributed by atoms with Crippen molar-refractivity contribution in [1.29, 1.82) is 0 Å². The molecule has 0 aromatic carbocycles. The molecule has 80 valence electrons. The van der Waals surface area contributed by atoms with E-state index >= 15 is 0 Å². The normalized spacial score (nSPS) is 17.7. The van der Waals surface area contributed by atoms with Gasteiger partial charge in [0.15, 0.2) is 0 Å². The summed E-state index contributed by atoms with van der Waals surface area (Å²) in [6.45, 7) is 2.04. The maximum atomic E-state index is 8.70. The number of rotatable bonds is 10. The van der Waals surface area contributed by atoms with Crippen LogP contribution in [0.1, 0.15) is 73.8 Å². The SMILES string of the molecule is [2H][C@H](CCCCCCCCC)[C@@H]([2H])CO. The van der Waals surface area contributed by atoms with Crippen LogP contribution in [0.2, 0.25) is 0 Å². The van der Waals surface area contributed by atoms with E-state index < -0.39 is 12.8 Å². The summed E-state index contributed by atoms with van der Waals surface area (Å²) in [6.07, 6.45) is 8.49. The molecule has 1 N–H and O–H groups in total. The molecular formula is C12H26O. The zero-order chi connectivity index (χ0) is 11.5. The Labute approximate surface area is 86.4 Å². The minimum atomic E-state index is -0.606. The second-order valence-corrected chi connectivity index (χ2v) is 3.56. The molecule has 0 fully saturated rings. The van der Waals surface area contributed by atoms with Gasteiger partial charge in [0.25, 0.3) is 0 Å². The molecule has 0 amide bonds. The topological polar surface area (TPSA) is 20.2 Å². The molecule has 0 spiro atoms. The van der Waals surface area contributed by atoms with E-state index in [1.54, 1.807) is 0 Å². The average molecular weight is 188 g/mol. The molecule has 0 rings (SSSR count). The zero-order valence-electron chi connectivity index (χ0n) is 11.0. The molecule has 0 aliphatic rings. The van der Waals surface area contributed by atoms with E-state index in [0.717, 1.165) is 12.8 Å². The summed E-state index contributed by atoms with van der Waals surface area (Å²) in [5.74, 6) is 0. The van der Waals surface area contributed by atoms with Crippen LogP contribution in [0.5, 0.6) is 0 Å². The molecule has 0 aromatic rings. The van der Waals surface area contributed by atoms with Crippen molar-refractivity contribution in [3.8, 4) is 0 Å². The third-order valence-electron chi connectivity index (χ3n) is 2.25. The molecule has 0 bridgehead atoms. The fourth-order valence-electron chi connectivity index (χ4n) is 1.41. The largest absolute Gasteiger partial charge is 0.396 e. The van der Waals surface area contributed by atoms with Crippen LogP contribution in [0, 0.1) is 0 Å². The molecule has 0 aliphatic heterocycles. The third kappa shape index (κ3) is 12.0. The molecular weight excluding hydrogens is 160 g/mol. The molecule has 1 heteroatoms. The Morgan fingerprint density at radius 1 is 0.846 bits per heavy atom. The lowest BCUT2D eigenvalue weighted by atomic mass is 10.1. The summed E-state index contributed by atoms with van der Waals surface area (Å²) in [7, 11) is 0. The first-order valence-electron chi connectivity index (χ1n) is 6.83. The van der Waals surface area contributed by atoms with E-state index in [-0.39, 0.29) is 6.61 Å². The van der Waals surface area contributed by atoms with E-state index in [2.05, 4.69) is 6.92 Å². The van der Waals surface area contributed by atoms with Crippen LogP contribution < -0.4 is 0 Å². The predicted molar refractivity (Wildman–Crippen MR) is 58.9 cm³/mol. The lowest BCUT2D eigenvalue weighted by Gasteiger charge is -2.00. The Balaban J connectivity index is 3.16. The Hall–Kier alpha value is -0.0400. The van der Waals surface area contributed by atoms with Crippen molar-refractivity contribution in [2.24, 2.45) is 0 Å². The van der Waals surface area contributed by atoms with Crippen LogP contribution in [-0.4, -0.2) is 11.7 Å². The van der Waals surface area contributed by atoms with Gasteiger partial charge in [0.1, 0.15) is 0 Å². The van der Waals surface area contributed by atoms with Gasteiger partial charge in [-0.25, -0.2) is 0 Å². The van der Waals surface area contributed by atoms with Crippen molar-refractivity contribution in [3.05, 3.63) is 0 Å². The number of aliphatic hydroxyl groups excluding tert-OH is 1. The fraction of sp³-hybridized carbons (Fsp3) is 1.00. The van der Waals surface area contributed by atoms with Crippen LogP contribution in [0.25, 0.3) is 0 Å². The van der Waals surface area contributed by atoms with Gasteiger partial charge in [-0.3, -0.25) is 0 Å². The van der Waals surface area contributed by atoms with E-state index in [1.807, 2.05) is 0 Å². The van der Waals surface area contributed by atoms with Gasteiger partial charge in [0.05, 0.1) is 0 Å². The Kier molecular flexibility index (Phi) is 8.75. The molecule has 0 radical (unpaired) electrons. The van der Waals surface area contributed by atoms with Crippen molar-refractivity contribution in [2.45, 2.75) is 71.1 Å². The van der Waals surface area contributed by atoms with Gasteiger partial charge in [-0.1, -0.05) is 64.7 Å². The first-order chi connectivity index (χ1) is 7.22. The minimum Gasteiger partial charge on any atom is -0.396 e. The van der Waals surface area contributed by atoms with Gasteiger partial charge in [-0.2, -0.15) is 0 Å². The summed E-state index contributed by atoms with van der Waals surface area (Å²) in [5, 5.41) is 8.70. The van der Waals surface area contributed by atoms with Gasteiger partial charge in [0, 0.05) is 9.35 Å². The predicted octanol–water partition coefficient (Wildman–Crippen LogP) is 3.90. The first-order valence-corrected chi connectivity index (χ1v) is 5.67. The monoisotopic (exact) mass is 188 g/mol. The van der Waals surface area contributed by atoms with Crippen LogP contribution >= 0.6 is 0 Å². The standard InChI is InChI=1S/C12H26O/c1-2-3-4-5-6-7-8-9-10-11-12-13/h13H,2-12H2,1H3/i10D,11D/t10-,11-/m1/s1. The van der Waals surface area contributed by atoms with Crippen molar-refractivity contribution in [2.75, 3.05) is 6.61 Å². The lowest BCUT2D eigenvalue weighted by Crippen LogP contribution is -1.84. The molecule has 0 saturated heterocycles. The maximum Gasteiger partial charge on any atom is 0.0431 e. The lowest BCUT2D eigenvalue weighted by molar-refractivity contribution is 0.282. The molecule has 1 nitrogen and oxygen atoms in total. The van der Waals surface area contributed by atoms with Crippen molar-refractivity contribution < 1.29 is 7.85 Å². The maximum absolute atomic E-state index is 8.70. The number of unbranched alkanes of at least 4 members (excludes halogenated alkanes) is 6. The number of hydrogen-bond acceptors (Lipinski definition) is 1. The van der Waals surface area contributed by atoms with E-state index in [1.165, 1.54) is 38.5 Å². The molecule has 0 aliphatic carbocycles. The molecule has 2 atom stereocenters. The van der Waals surface area contributed by atoms with Crippen molar-refractivity contribution >= 4 is 0 Å².